The van der Waals surface area contributed by atoms with Crippen molar-refractivity contribution < 1.29 is 9.53 Å². The Bertz CT molecular complexity index is 458. The highest BCUT2D eigenvalue weighted by Crippen LogP contribution is 2.34. The first kappa shape index (κ1) is 15.8. The van der Waals surface area contributed by atoms with Crippen molar-refractivity contribution in [1.82, 2.24) is 5.32 Å². The lowest BCUT2D eigenvalue weighted by atomic mass is 9.84. The van der Waals surface area contributed by atoms with E-state index in [1.807, 2.05) is 0 Å². The van der Waals surface area contributed by atoms with Crippen molar-refractivity contribution in [3.8, 4) is 5.75 Å². The van der Waals surface area contributed by atoms with Crippen LogP contribution in [0.5, 0.6) is 5.75 Å². The molecule has 0 spiro atoms. The van der Waals surface area contributed by atoms with Crippen LogP contribution in [0.4, 0.5) is 0 Å². The highest BCUT2D eigenvalue weighted by molar-refractivity contribution is 9.11. The number of halogens is 1. The number of hydrogen-bond donors (Lipinski definition) is 2. The van der Waals surface area contributed by atoms with Crippen molar-refractivity contribution in [3.63, 3.8) is 0 Å². The number of carbonyl (C=O) groups excluding carboxylic acids is 1. The SMILES string of the molecule is COc1cc(C(=O)NC(CN)C2CCCCC2)sc1Br. The van der Waals surface area contributed by atoms with Crippen molar-refractivity contribution in [2.75, 3.05) is 13.7 Å². The molecular weight excluding hydrogens is 340 g/mol. The molecule has 1 atom stereocenters. The molecule has 0 saturated heterocycles. The van der Waals surface area contributed by atoms with Crippen molar-refractivity contribution in [1.29, 1.82) is 0 Å². The lowest BCUT2D eigenvalue weighted by Crippen LogP contribution is -2.45. The molecule has 0 bridgehead atoms. The first-order chi connectivity index (χ1) is 9.65. The fourth-order valence-corrected chi connectivity index (χ4v) is 4.30. The predicted molar refractivity (Wildman–Crippen MR) is 85.5 cm³/mol. The van der Waals surface area contributed by atoms with Crippen LogP contribution in [0.15, 0.2) is 9.85 Å². The number of rotatable bonds is 5. The lowest BCUT2D eigenvalue weighted by molar-refractivity contribution is 0.0919. The third-order valence-corrected chi connectivity index (χ3v) is 5.67. The van der Waals surface area contributed by atoms with E-state index in [4.69, 9.17) is 10.5 Å². The molecule has 0 aromatic carbocycles. The highest BCUT2D eigenvalue weighted by Gasteiger charge is 2.25. The van der Waals surface area contributed by atoms with E-state index in [0.717, 1.165) is 3.79 Å². The zero-order valence-corrected chi connectivity index (χ0v) is 14.1. The Morgan fingerprint density at radius 1 is 1.55 bits per heavy atom. The van der Waals surface area contributed by atoms with Crippen molar-refractivity contribution in [2.45, 2.75) is 38.1 Å². The van der Waals surface area contributed by atoms with E-state index in [1.165, 1.54) is 43.4 Å². The normalized spacial score (nSPS) is 17.8. The lowest BCUT2D eigenvalue weighted by Gasteiger charge is -2.29. The first-order valence-electron chi connectivity index (χ1n) is 7.00. The van der Waals surface area contributed by atoms with Crippen LogP contribution < -0.4 is 15.8 Å². The van der Waals surface area contributed by atoms with E-state index in [-0.39, 0.29) is 11.9 Å². The molecule has 1 aliphatic carbocycles. The van der Waals surface area contributed by atoms with Crippen LogP contribution >= 0.6 is 27.3 Å². The number of carbonyl (C=O) groups is 1. The monoisotopic (exact) mass is 360 g/mol. The van der Waals surface area contributed by atoms with E-state index in [2.05, 4.69) is 21.2 Å². The molecule has 0 radical (unpaired) electrons. The number of thiophene rings is 1. The zero-order valence-electron chi connectivity index (χ0n) is 11.7. The summed E-state index contributed by atoms with van der Waals surface area (Å²) in [5.74, 6) is 1.16. The van der Waals surface area contributed by atoms with Crippen molar-refractivity contribution in [2.24, 2.45) is 11.7 Å². The quantitative estimate of drug-likeness (QED) is 0.847. The van der Waals surface area contributed by atoms with E-state index < -0.39 is 0 Å². The molecule has 0 aliphatic heterocycles. The fraction of sp³-hybridized carbons (Fsp3) is 0.643. The number of nitrogens with one attached hydrogen (secondary N) is 1. The topological polar surface area (TPSA) is 64.3 Å². The second kappa shape index (κ2) is 7.43. The van der Waals surface area contributed by atoms with Gasteiger partial charge in [-0.3, -0.25) is 4.79 Å². The molecular formula is C14H21BrN2O2S. The van der Waals surface area contributed by atoms with Gasteiger partial charge in [-0.05, 0) is 34.7 Å². The van der Waals surface area contributed by atoms with Crippen LogP contribution in [0.25, 0.3) is 0 Å². The van der Waals surface area contributed by atoms with Gasteiger partial charge in [0.1, 0.15) is 9.54 Å². The second-order valence-electron chi connectivity index (χ2n) is 5.17. The summed E-state index contributed by atoms with van der Waals surface area (Å²) in [7, 11) is 1.60. The van der Waals surface area contributed by atoms with Gasteiger partial charge in [-0.2, -0.15) is 0 Å². The number of hydrogen-bond acceptors (Lipinski definition) is 4. The maximum Gasteiger partial charge on any atom is 0.261 e. The molecule has 1 fully saturated rings. The Hall–Kier alpha value is -0.590. The van der Waals surface area contributed by atoms with Gasteiger partial charge in [0.2, 0.25) is 0 Å². The van der Waals surface area contributed by atoms with E-state index >= 15 is 0 Å². The molecule has 1 aromatic rings. The van der Waals surface area contributed by atoms with Crippen LogP contribution in [0.2, 0.25) is 0 Å². The van der Waals surface area contributed by atoms with E-state index in [0.29, 0.717) is 23.1 Å². The zero-order chi connectivity index (χ0) is 14.5. The molecule has 112 valence electrons. The van der Waals surface area contributed by atoms with Crippen LogP contribution in [-0.4, -0.2) is 25.6 Å². The molecule has 1 amide bonds. The minimum atomic E-state index is -0.0555. The minimum absolute atomic E-state index is 0.0555. The average molecular weight is 361 g/mol. The molecule has 6 heteroatoms. The third-order valence-electron chi connectivity index (χ3n) is 3.89. The molecule has 1 heterocycles. The highest BCUT2D eigenvalue weighted by atomic mass is 79.9. The van der Waals surface area contributed by atoms with Gasteiger partial charge >= 0.3 is 0 Å². The number of ether oxygens (including phenoxy) is 1. The van der Waals surface area contributed by atoms with Gasteiger partial charge in [0, 0.05) is 18.7 Å². The summed E-state index contributed by atoms with van der Waals surface area (Å²) < 4.78 is 6.02. The van der Waals surface area contributed by atoms with Gasteiger partial charge in [0.25, 0.3) is 5.91 Å². The smallest absolute Gasteiger partial charge is 0.261 e. The Labute approximate surface area is 132 Å². The second-order valence-corrected chi connectivity index (χ2v) is 7.54. The van der Waals surface area contributed by atoms with Crippen LogP contribution in [-0.2, 0) is 0 Å². The number of methoxy groups -OCH3 is 1. The Balaban J connectivity index is 2.00. The summed E-state index contributed by atoms with van der Waals surface area (Å²) >= 11 is 4.78. The third kappa shape index (κ3) is 3.74. The summed E-state index contributed by atoms with van der Waals surface area (Å²) in [6.45, 7) is 0.500. The van der Waals surface area contributed by atoms with Gasteiger partial charge in [-0.25, -0.2) is 0 Å². The Kier molecular flexibility index (Phi) is 5.86. The summed E-state index contributed by atoms with van der Waals surface area (Å²) in [5, 5.41) is 3.09. The van der Waals surface area contributed by atoms with Crippen molar-refractivity contribution in [3.05, 3.63) is 14.7 Å². The first-order valence-corrected chi connectivity index (χ1v) is 8.61. The van der Waals surface area contributed by atoms with E-state index in [1.54, 1.807) is 13.2 Å². The molecule has 1 saturated carbocycles. The standard InChI is InChI=1S/C14H21BrN2O2S/c1-19-11-7-12(20-13(11)15)14(18)17-10(8-16)9-5-3-2-4-6-9/h7,9-10H,2-6,8,16H2,1H3,(H,17,18). The van der Waals surface area contributed by atoms with Crippen LogP contribution in [0.3, 0.4) is 0 Å². The average Bonchev–Trinajstić information content (AvgIpc) is 2.86. The summed E-state index contributed by atoms with van der Waals surface area (Å²) in [6.07, 6.45) is 6.13. The molecule has 1 aromatic heterocycles. The number of nitrogens with two attached hydrogens (primary N) is 1. The molecule has 2 rings (SSSR count). The van der Waals surface area contributed by atoms with Gasteiger partial charge in [0.15, 0.2) is 0 Å². The molecule has 3 N–H and O–H groups in total. The van der Waals surface area contributed by atoms with Gasteiger partial charge in [0.05, 0.1) is 12.0 Å². The van der Waals surface area contributed by atoms with E-state index in [9.17, 15) is 4.79 Å². The molecule has 20 heavy (non-hydrogen) atoms. The largest absolute Gasteiger partial charge is 0.495 e. The molecule has 1 aliphatic rings. The molecule has 4 nitrogen and oxygen atoms in total. The Morgan fingerprint density at radius 2 is 2.25 bits per heavy atom. The minimum Gasteiger partial charge on any atom is -0.495 e. The van der Waals surface area contributed by atoms with Gasteiger partial charge in [-0.15, -0.1) is 11.3 Å². The van der Waals surface area contributed by atoms with Crippen molar-refractivity contribution >= 4 is 33.2 Å². The van der Waals surface area contributed by atoms with Crippen LogP contribution in [0, 0.1) is 5.92 Å². The van der Waals surface area contributed by atoms with Gasteiger partial charge < -0.3 is 15.8 Å². The maximum absolute atomic E-state index is 12.3. The summed E-state index contributed by atoms with van der Waals surface area (Å²) in [6, 6.07) is 1.84. The summed E-state index contributed by atoms with van der Waals surface area (Å²) in [5.41, 5.74) is 5.85. The summed E-state index contributed by atoms with van der Waals surface area (Å²) in [4.78, 5) is 13.0. The molecule has 1 unspecified atom stereocenters. The number of amides is 1. The van der Waals surface area contributed by atoms with Gasteiger partial charge in [-0.1, -0.05) is 19.3 Å². The predicted octanol–water partition coefficient (Wildman–Crippen LogP) is 3.16. The maximum atomic E-state index is 12.3. The van der Waals surface area contributed by atoms with Crippen LogP contribution in [0.1, 0.15) is 41.8 Å². The fourth-order valence-electron chi connectivity index (χ4n) is 2.75. The Morgan fingerprint density at radius 3 is 2.80 bits per heavy atom.